The maximum Gasteiger partial charge on any atom is 0.403 e. The van der Waals surface area contributed by atoms with E-state index in [2.05, 4.69) is 26.3 Å². The summed E-state index contributed by atoms with van der Waals surface area (Å²) in [5, 5.41) is 3.26. The van der Waals surface area contributed by atoms with Gasteiger partial charge in [0.15, 0.2) is 17.1 Å². The van der Waals surface area contributed by atoms with Crippen LogP contribution < -0.4 is 15.2 Å². The number of rotatable bonds is 0. The minimum atomic E-state index is 0.865. The molecule has 0 bridgehead atoms. The van der Waals surface area contributed by atoms with Gasteiger partial charge in [-0.1, -0.05) is 17.1 Å². The van der Waals surface area contributed by atoms with Gasteiger partial charge in [0.25, 0.3) is 0 Å². The molecular formula is C12H8N4+. The first-order valence-corrected chi connectivity index (χ1v) is 5.12. The SMILES string of the molecule is c1ccc2c(c1)[N+]=C1Nc3cnccc3N12. The van der Waals surface area contributed by atoms with E-state index in [4.69, 9.17) is 0 Å². The molecule has 2 aromatic rings. The van der Waals surface area contributed by atoms with Crippen molar-refractivity contribution in [3.63, 3.8) is 0 Å². The van der Waals surface area contributed by atoms with E-state index >= 15 is 0 Å². The van der Waals surface area contributed by atoms with E-state index in [-0.39, 0.29) is 0 Å². The van der Waals surface area contributed by atoms with Gasteiger partial charge in [0.1, 0.15) is 5.69 Å². The standard InChI is InChI=1S/C12H8N4/c1-2-4-10-8(3-1)14-12-15-9-7-13-6-5-11(9)16(10)12/h1-7,15H/q+1. The predicted molar refractivity (Wildman–Crippen MR) is 63.2 cm³/mol. The Morgan fingerprint density at radius 3 is 3.06 bits per heavy atom. The van der Waals surface area contributed by atoms with Crippen molar-refractivity contribution in [3.05, 3.63) is 42.7 Å². The Morgan fingerprint density at radius 1 is 1.12 bits per heavy atom. The number of nitrogens with zero attached hydrogens (tertiary/aromatic N) is 3. The predicted octanol–water partition coefficient (Wildman–Crippen LogP) is 1.98. The molecule has 1 N–H and O–H groups in total. The second-order valence-corrected chi connectivity index (χ2v) is 3.78. The highest BCUT2D eigenvalue weighted by molar-refractivity contribution is 6.22. The minimum absolute atomic E-state index is 0.865. The zero-order valence-electron chi connectivity index (χ0n) is 8.38. The summed E-state index contributed by atoms with van der Waals surface area (Å²) in [6.45, 7) is 0. The van der Waals surface area contributed by atoms with Crippen LogP contribution in [-0.2, 0) is 0 Å². The number of fused-ring (bicyclic) bond motifs is 5. The van der Waals surface area contributed by atoms with Crippen LogP contribution in [0.1, 0.15) is 0 Å². The van der Waals surface area contributed by atoms with Gasteiger partial charge in [-0.15, -0.1) is 0 Å². The fourth-order valence-corrected chi connectivity index (χ4v) is 2.15. The van der Waals surface area contributed by atoms with Crippen LogP contribution in [0.2, 0.25) is 0 Å². The molecule has 0 aliphatic carbocycles. The lowest BCUT2D eigenvalue weighted by atomic mass is 10.2. The van der Waals surface area contributed by atoms with E-state index in [0.717, 1.165) is 28.7 Å². The van der Waals surface area contributed by atoms with Crippen LogP contribution in [0.5, 0.6) is 0 Å². The average molecular weight is 208 g/mol. The van der Waals surface area contributed by atoms with Crippen LogP contribution >= 0.6 is 0 Å². The van der Waals surface area contributed by atoms with E-state index in [0.29, 0.717) is 0 Å². The Hall–Kier alpha value is -2.36. The molecule has 0 saturated carbocycles. The number of aromatic nitrogens is 1. The van der Waals surface area contributed by atoms with Crippen molar-refractivity contribution < 1.29 is 0 Å². The molecule has 75 valence electrons. The lowest BCUT2D eigenvalue weighted by molar-refractivity contribution is 1.32. The molecule has 0 saturated heterocycles. The molecule has 2 aliphatic heterocycles. The molecule has 0 atom stereocenters. The monoisotopic (exact) mass is 208 g/mol. The third-order valence-corrected chi connectivity index (χ3v) is 2.85. The number of hydrogen-bond acceptors (Lipinski definition) is 4. The molecule has 4 heteroatoms. The molecule has 4 rings (SSSR count). The lowest BCUT2D eigenvalue weighted by Crippen LogP contribution is -2.23. The molecule has 1 aromatic heterocycles. The van der Waals surface area contributed by atoms with Gasteiger partial charge in [-0.05, 0) is 18.2 Å². The highest BCUT2D eigenvalue weighted by Crippen LogP contribution is 2.42. The van der Waals surface area contributed by atoms with E-state index in [9.17, 15) is 0 Å². The number of aliphatic imine (C=N–C) groups is 1. The van der Waals surface area contributed by atoms with E-state index in [1.165, 1.54) is 0 Å². The fourth-order valence-electron chi connectivity index (χ4n) is 2.15. The van der Waals surface area contributed by atoms with Crippen molar-refractivity contribution >= 4 is 28.7 Å². The highest BCUT2D eigenvalue weighted by Gasteiger charge is 2.42. The molecule has 0 unspecified atom stereocenters. The van der Waals surface area contributed by atoms with Crippen molar-refractivity contribution in [3.8, 4) is 0 Å². The maximum atomic E-state index is 4.53. The Morgan fingerprint density at radius 2 is 2.06 bits per heavy atom. The molecule has 4 nitrogen and oxygen atoms in total. The largest absolute Gasteiger partial charge is 0.403 e. The van der Waals surface area contributed by atoms with Gasteiger partial charge in [0.2, 0.25) is 0 Å². The Balaban J connectivity index is 1.98. The normalized spacial score (nSPS) is 15.0. The van der Waals surface area contributed by atoms with Crippen LogP contribution in [0.25, 0.3) is 0 Å². The van der Waals surface area contributed by atoms with E-state index in [1.807, 2.05) is 30.5 Å². The first kappa shape index (κ1) is 7.87. The molecular weight excluding hydrogens is 200 g/mol. The lowest BCUT2D eigenvalue weighted by Gasteiger charge is -2.05. The highest BCUT2D eigenvalue weighted by atomic mass is 15.4. The first-order chi connectivity index (χ1) is 7.93. The molecule has 1 radical (unpaired) electrons. The first-order valence-electron chi connectivity index (χ1n) is 5.12. The third kappa shape index (κ3) is 0.839. The average Bonchev–Trinajstić information content (AvgIpc) is 2.83. The van der Waals surface area contributed by atoms with Gasteiger partial charge in [-0.25, -0.2) is 5.32 Å². The summed E-state index contributed by atoms with van der Waals surface area (Å²) in [6.07, 6.45) is 3.61. The second kappa shape index (κ2) is 2.61. The van der Waals surface area contributed by atoms with Gasteiger partial charge >= 0.3 is 5.96 Å². The number of benzene rings is 1. The summed E-state index contributed by atoms with van der Waals surface area (Å²) < 4.78 is 0. The van der Waals surface area contributed by atoms with Crippen molar-refractivity contribution in [1.29, 1.82) is 0 Å². The van der Waals surface area contributed by atoms with E-state index in [1.54, 1.807) is 6.20 Å². The molecule has 16 heavy (non-hydrogen) atoms. The number of anilines is 3. The summed E-state index contributed by atoms with van der Waals surface area (Å²) in [5.74, 6) is 0.865. The number of nitrogens with one attached hydrogen (secondary N) is 1. The topological polar surface area (TPSA) is 42.3 Å². The quantitative estimate of drug-likeness (QED) is 0.719. The summed E-state index contributed by atoms with van der Waals surface area (Å²) in [7, 11) is 0. The Kier molecular flexibility index (Phi) is 1.28. The van der Waals surface area contributed by atoms with Crippen LogP contribution in [-0.4, -0.2) is 10.9 Å². The fraction of sp³-hybridized carbons (Fsp3) is 0. The molecule has 0 fully saturated rings. The van der Waals surface area contributed by atoms with Gasteiger partial charge in [-0.2, -0.15) is 4.90 Å². The number of pyridine rings is 1. The summed E-state index contributed by atoms with van der Waals surface area (Å²) in [5.41, 5.74) is 4.25. The van der Waals surface area contributed by atoms with Crippen LogP contribution in [0, 0.1) is 0 Å². The second-order valence-electron chi connectivity index (χ2n) is 3.78. The summed E-state index contributed by atoms with van der Waals surface area (Å²) in [4.78, 5) is 10.7. The number of guanidine groups is 1. The van der Waals surface area contributed by atoms with E-state index < -0.39 is 0 Å². The van der Waals surface area contributed by atoms with Crippen LogP contribution in [0.15, 0.2) is 42.7 Å². The third-order valence-electron chi connectivity index (χ3n) is 2.85. The molecule has 0 spiro atoms. The molecule has 2 aliphatic rings. The number of para-hydroxylation sites is 2. The Labute approximate surface area is 92.3 Å². The number of hydrogen-bond donors (Lipinski definition) is 1. The summed E-state index contributed by atoms with van der Waals surface area (Å²) in [6, 6.07) is 10.1. The zero-order valence-corrected chi connectivity index (χ0v) is 8.38. The van der Waals surface area contributed by atoms with Crippen LogP contribution in [0.4, 0.5) is 22.7 Å². The minimum Gasteiger partial charge on any atom is -0.261 e. The van der Waals surface area contributed by atoms with Crippen molar-refractivity contribution in [2.75, 3.05) is 10.2 Å². The van der Waals surface area contributed by atoms with Crippen molar-refractivity contribution in [2.45, 2.75) is 0 Å². The molecule has 3 heterocycles. The van der Waals surface area contributed by atoms with Crippen LogP contribution in [0.3, 0.4) is 0 Å². The van der Waals surface area contributed by atoms with Gasteiger partial charge in [-0.3, -0.25) is 4.98 Å². The zero-order chi connectivity index (χ0) is 10.5. The summed E-state index contributed by atoms with van der Waals surface area (Å²) >= 11 is 0. The van der Waals surface area contributed by atoms with Crippen molar-refractivity contribution in [2.24, 2.45) is 0 Å². The Bertz CT molecular complexity index is 618. The smallest absolute Gasteiger partial charge is 0.261 e. The van der Waals surface area contributed by atoms with Gasteiger partial charge in [0, 0.05) is 6.20 Å². The van der Waals surface area contributed by atoms with Gasteiger partial charge in [0.05, 0.1) is 6.20 Å². The van der Waals surface area contributed by atoms with Crippen molar-refractivity contribution in [1.82, 2.24) is 9.98 Å². The molecule has 1 aromatic carbocycles. The molecule has 0 amide bonds. The maximum absolute atomic E-state index is 4.53. The van der Waals surface area contributed by atoms with Gasteiger partial charge < -0.3 is 0 Å².